The second-order valence-corrected chi connectivity index (χ2v) is 8.10. The van der Waals surface area contributed by atoms with Crippen molar-refractivity contribution < 1.29 is 8.42 Å². The van der Waals surface area contributed by atoms with Gasteiger partial charge in [0.2, 0.25) is 0 Å². The minimum absolute atomic E-state index is 0.224. The first-order valence-electron chi connectivity index (χ1n) is 6.87. The predicted octanol–water partition coefficient (Wildman–Crippen LogP) is 4.02. The minimum Gasteiger partial charge on any atom is -0.266 e. The van der Waals surface area contributed by atoms with E-state index in [4.69, 9.17) is 11.6 Å². The molecule has 1 aliphatic heterocycles. The highest BCUT2D eigenvalue weighted by Gasteiger charge is 2.30. The van der Waals surface area contributed by atoms with Crippen LogP contribution >= 0.6 is 22.9 Å². The van der Waals surface area contributed by atoms with Crippen molar-refractivity contribution in [2.45, 2.75) is 30.0 Å². The van der Waals surface area contributed by atoms with Gasteiger partial charge in [0, 0.05) is 11.4 Å². The van der Waals surface area contributed by atoms with Gasteiger partial charge in [0.25, 0.3) is 10.0 Å². The molecular formula is C15H16ClNO2S2. The van der Waals surface area contributed by atoms with E-state index in [9.17, 15) is 8.42 Å². The first-order valence-corrected chi connectivity index (χ1v) is 9.73. The molecular weight excluding hydrogens is 326 g/mol. The molecule has 21 heavy (non-hydrogen) atoms. The van der Waals surface area contributed by atoms with Crippen molar-refractivity contribution in [2.75, 3.05) is 10.8 Å². The SMILES string of the molecule is O=S(=O)(c1ccsc1CCl)N1CCCCc2ccccc21. The standard InChI is InChI=1S/C15H16ClNO2S2/c16-11-14-15(8-10-20-14)21(18,19)17-9-4-3-6-12-5-1-2-7-13(12)17/h1-2,5,7-8,10H,3-4,6,9,11H2. The summed E-state index contributed by atoms with van der Waals surface area (Å²) in [6.07, 6.45) is 2.80. The lowest BCUT2D eigenvalue weighted by molar-refractivity contribution is 0.589. The molecule has 0 spiro atoms. The summed E-state index contributed by atoms with van der Waals surface area (Å²) in [4.78, 5) is 1.05. The molecule has 2 heterocycles. The number of anilines is 1. The second-order valence-electron chi connectivity index (χ2n) is 5.00. The topological polar surface area (TPSA) is 37.4 Å². The smallest absolute Gasteiger partial charge is 0.265 e. The maximum Gasteiger partial charge on any atom is 0.265 e. The summed E-state index contributed by atoms with van der Waals surface area (Å²) < 4.78 is 27.6. The number of sulfonamides is 1. The van der Waals surface area contributed by atoms with Gasteiger partial charge in [0.05, 0.1) is 11.6 Å². The molecule has 0 unspecified atom stereocenters. The third-order valence-electron chi connectivity index (χ3n) is 3.71. The molecule has 112 valence electrons. The molecule has 0 amide bonds. The summed E-state index contributed by atoms with van der Waals surface area (Å²) in [5.74, 6) is 0.224. The van der Waals surface area contributed by atoms with E-state index in [0.29, 0.717) is 16.3 Å². The molecule has 3 rings (SSSR count). The first-order chi connectivity index (χ1) is 10.1. The highest BCUT2D eigenvalue weighted by molar-refractivity contribution is 7.93. The lowest BCUT2D eigenvalue weighted by Crippen LogP contribution is -2.32. The van der Waals surface area contributed by atoms with E-state index in [1.165, 1.54) is 11.3 Å². The Labute approximate surface area is 134 Å². The molecule has 0 saturated carbocycles. The van der Waals surface area contributed by atoms with Crippen molar-refractivity contribution in [3.63, 3.8) is 0 Å². The Morgan fingerprint density at radius 3 is 2.81 bits per heavy atom. The normalized spacial score (nSPS) is 15.6. The van der Waals surface area contributed by atoms with Gasteiger partial charge in [-0.15, -0.1) is 22.9 Å². The number of halogens is 1. The molecule has 1 aromatic heterocycles. The molecule has 3 nitrogen and oxygen atoms in total. The molecule has 0 aliphatic carbocycles. The number of para-hydroxylation sites is 1. The van der Waals surface area contributed by atoms with Crippen molar-refractivity contribution in [3.05, 3.63) is 46.2 Å². The van der Waals surface area contributed by atoms with E-state index in [-0.39, 0.29) is 5.88 Å². The van der Waals surface area contributed by atoms with Crippen LogP contribution in [-0.2, 0) is 22.3 Å². The van der Waals surface area contributed by atoms with Crippen LogP contribution in [0, 0.1) is 0 Å². The Bertz CT molecular complexity index is 740. The zero-order valence-electron chi connectivity index (χ0n) is 11.5. The number of benzene rings is 1. The van der Waals surface area contributed by atoms with Crippen molar-refractivity contribution >= 4 is 38.6 Å². The van der Waals surface area contributed by atoms with Gasteiger partial charge in [0.1, 0.15) is 4.90 Å². The van der Waals surface area contributed by atoms with Crippen molar-refractivity contribution in [3.8, 4) is 0 Å². The van der Waals surface area contributed by atoms with Crippen LogP contribution in [0.5, 0.6) is 0 Å². The zero-order chi connectivity index (χ0) is 14.9. The van der Waals surface area contributed by atoms with E-state index in [1.54, 1.807) is 15.8 Å². The molecule has 0 radical (unpaired) electrons. The molecule has 0 atom stereocenters. The number of fused-ring (bicyclic) bond motifs is 1. The molecule has 1 aliphatic rings. The van der Waals surface area contributed by atoms with Crippen molar-refractivity contribution in [1.29, 1.82) is 0 Å². The monoisotopic (exact) mass is 341 g/mol. The van der Waals surface area contributed by atoms with E-state index in [0.717, 1.165) is 30.5 Å². The number of thiophene rings is 1. The van der Waals surface area contributed by atoms with Crippen LogP contribution in [0.4, 0.5) is 5.69 Å². The van der Waals surface area contributed by atoms with Gasteiger partial charge in [-0.2, -0.15) is 0 Å². The Morgan fingerprint density at radius 2 is 2.00 bits per heavy atom. The van der Waals surface area contributed by atoms with Gasteiger partial charge in [-0.25, -0.2) is 8.42 Å². The predicted molar refractivity (Wildman–Crippen MR) is 87.8 cm³/mol. The summed E-state index contributed by atoms with van der Waals surface area (Å²) in [6.45, 7) is 0.525. The number of rotatable bonds is 3. The minimum atomic E-state index is -3.54. The van der Waals surface area contributed by atoms with Gasteiger partial charge in [-0.1, -0.05) is 18.2 Å². The van der Waals surface area contributed by atoms with E-state index in [1.807, 2.05) is 24.3 Å². The summed E-state index contributed by atoms with van der Waals surface area (Å²) >= 11 is 7.27. The number of hydrogen-bond acceptors (Lipinski definition) is 3. The number of aryl methyl sites for hydroxylation is 1. The number of nitrogens with zero attached hydrogens (tertiary/aromatic N) is 1. The van der Waals surface area contributed by atoms with Gasteiger partial charge in [-0.3, -0.25) is 4.31 Å². The quantitative estimate of drug-likeness (QED) is 0.791. The lowest BCUT2D eigenvalue weighted by atomic mass is 10.1. The van der Waals surface area contributed by atoms with E-state index in [2.05, 4.69) is 0 Å². The fourth-order valence-electron chi connectivity index (χ4n) is 2.68. The largest absolute Gasteiger partial charge is 0.266 e. The molecule has 0 saturated heterocycles. The van der Waals surface area contributed by atoms with E-state index >= 15 is 0 Å². The fraction of sp³-hybridized carbons (Fsp3) is 0.333. The van der Waals surface area contributed by atoms with Crippen molar-refractivity contribution in [2.24, 2.45) is 0 Å². The maximum absolute atomic E-state index is 13.0. The van der Waals surface area contributed by atoms with Crippen LogP contribution in [0.1, 0.15) is 23.3 Å². The molecule has 2 aromatic rings. The summed E-state index contributed by atoms with van der Waals surface area (Å²) in [6, 6.07) is 9.42. The average Bonchev–Trinajstić information content (AvgIpc) is 2.87. The van der Waals surface area contributed by atoms with Crippen LogP contribution in [0.15, 0.2) is 40.6 Å². The third kappa shape index (κ3) is 2.70. The summed E-state index contributed by atoms with van der Waals surface area (Å²) in [5.41, 5.74) is 1.91. The fourth-order valence-corrected chi connectivity index (χ4v) is 5.90. The maximum atomic E-state index is 13.0. The highest BCUT2D eigenvalue weighted by atomic mass is 35.5. The van der Waals surface area contributed by atoms with Crippen LogP contribution in [0.3, 0.4) is 0 Å². The Balaban J connectivity index is 2.11. The third-order valence-corrected chi connectivity index (χ3v) is 7.09. The van der Waals surface area contributed by atoms with Crippen LogP contribution < -0.4 is 4.31 Å². The Hall–Kier alpha value is -1.04. The van der Waals surface area contributed by atoms with Crippen LogP contribution in [-0.4, -0.2) is 15.0 Å². The zero-order valence-corrected chi connectivity index (χ0v) is 13.8. The van der Waals surface area contributed by atoms with E-state index < -0.39 is 10.0 Å². The number of alkyl halides is 1. The van der Waals surface area contributed by atoms with Crippen molar-refractivity contribution in [1.82, 2.24) is 0 Å². The highest BCUT2D eigenvalue weighted by Crippen LogP contribution is 2.33. The lowest BCUT2D eigenvalue weighted by Gasteiger charge is -2.24. The average molecular weight is 342 g/mol. The Morgan fingerprint density at radius 1 is 1.19 bits per heavy atom. The molecule has 1 aromatic carbocycles. The van der Waals surface area contributed by atoms with Gasteiger partial charge in [-0.05, 0) is 42.3 Å². The van der Waals surface area contributed by atoms with Gasteiger partial charge >= 0.3 is 0 Å². The van der Waals surface area contributed by atoms with Gasteiger partial charge < -0.3 is 0 Å². The van der Waals surface area contributed by atoms with Gasteiger partial charge in [0.15, 0.2) is 0 Å². The second kappa shape index (κ2) is 5.99. The molecule has 0 bridgehead atoms. The molecule has 6 heteroatoms. The van der Waals surface area contributed by atoms with Crippen LogP contribution in [0.2, 0.25) is 0 Å². The summed E-state index contributed by atoms with van der Waals surface area (Å²) in [5, 5.41) is 1.79. The first kappa shape index (κ1) is 14.9. The summed E-state index contributed by atoms with van der Waals surface area (Å²) in [7, 11) is -3.54. The Kier molecular flexibility index (Phi) is 4.24. The molecule has 0 N–H and O–H groups in total. The molecule has 0 fully saturated rings. The number of hydrogen-bond donors (Lipinski definition) is 0. The van der Waals surface area contributed by atoms with Crippen LogP contribution in [0.25, 0.3) is 0 Å².